The van der Waals surface area contributed by atoms with Gasteiger partial charge in [0.25, 0.3) is 0 Å². The second-order valence-electron chi connectivity index (χ2n) is 3.99. The van der Waals surface area contributed by atoms with E-state index in [1.807, 2.05) is 0 Å². The van der Waals surface area contributed by atoms with Gasteiger partial charge < -0.3 is 14.4 Å². The van der Waals surface area contributed by atoms with Gasteiger partial charge in [0.1, 0.15) is 5.41 Å². The molecule has 0 aromatic carbocycles. The van der Waals surface area contributed by atoms with Crippen molar-refractivity contribution in [3.63, 3.8) is 0 Å². The second-order valence-corrected chi connectivity index (χ2v) is 4.35. The molecule has 1 fully saturated rings. The number of carboxylic acid groups (broad SMARTS) is 1. The van der Waals surface area contributed by atoms with Crippen LogP contribution in [0.1, 0.15) is 18.5 Å². The molecule has 2 rings (SSSR count). The molecule has 0 atom stereocenters. The van der Waals surface area contributed by atoms with Crippen LogP contribution in [0, 0.1) is 0 Å². The number of imidazole rings is 1. The molecule has 0 saturated carbocycles. The highest BCUT2D eigenvalue weighted by Gasteiger charge is 2.45. The first-order valence-electron chi connectivity index (χ1n) is 5.06. The molecular weight excluding hydrogens is 232 g/mol. The summed E-state index contributed by atoms with van der Waals surface area (Å²) in [5, 5.41) is 9.72. The van der Waals surface area contributed by atoms with Crippen molar-refractivity contribution in [1.29, 1.82) is 0 Å². The van der Waals surface area contributed by atoms with Gasteiger partial charge in [-0.3, -0.25) is 4.79 Å². The smallest absolute Gasteiger partial charge is 0.315 e. The Hall–Kier alpha value is -1.07. The lowest BCUT2D eigenvalue weighted by Crippen LogP contribution is -2.42. The molecule has 1 N–H and O–H groups in total. The van der Waals surface area contributed by atoms with Crippen molar-refractivity contribution in [3.8, 4) is 0 Å². The molecule has 5 nitrogen and oxygen atoms in total. The maximum absolute atomic E-state index is 11.5. The lowest BCUT2D eigenvalue weighted by molar-refractivity contribution is -0.148. The van der Waals surface area contributed by atoms with E-state index in [-0.39, 0.29) is 5.15 Å². The fourth-order valence-electron chi connectivity index (χ4n) is 2.21. The van der Waals surface area contributed by atoms with Gasteiger partial charge in [-0.2, -0.15) is 0 Å². The molecule has 0 spiro atoms. The maximum Gasteiger partial charge on any atom is 0.315 e. The van der Waals surface area contributed by atoms with Crippen LogP contribution < -0.4 is 0 Å². The van der Waals surface area contributed by atoms with Gasteiger partial charge in [0, 0.05) is 20.3 Å². The molecular formula is C10H13ClN2O3. The Kier molecular flexibility index (Phi) is 2.90. The number of aliphatic carboxylic acids is 1. The van der Waals surface area contributed by atoms with E-state index < -0.39 is 11.4 Å². The van der Waals surface area contributed by atoms with Gasteiger partial charge in [-0.1, -0.05) is 11.6 Å². The molecule has 1 aliphatic heterocycles. The number of ether oxygens (including phenoxy) is 1. The van der Waals surface area contributed by atoms with Crippen molar-refractivity contribution in [2.75, 3.05) is 13.2 Å². The normalized spacial score (nSPS) is 19.6. The van der Waals surface area contributed by atoms with Gasteiger partial charge >= 0.3 is 5.97 Å². The average molecular weight is 245 g/mol. The number of aromatic nitrogens is 2. The minimum atomic E-state index is -0.958. The number of carbonyl (C=O) groups is 1. The van der Waals surface area contributed by atoms with Crippen molar-refractivity contribution in [2.24, 2.45) is 7.05 Å². The first-order valence-corrected chi connectivity index (χ1v) is 5.44. The summed E-state index contributed by atoms with van der Waals surface area (Å²) in [6, 6.07) is 0. The van der Waals surface area contributed by atoms with E-state index >= 15 is 0 Å². The number of halogens is 1. The Morgan fingerprint density at radius 1 is 1.62 bits per heavy atom. The molecule has 1 aromatic heterocycles. The Labute approximate surface area is 98.0 Å². The molecule has 2 heterocycles. The number of carboxylic acids is 1. The van der Waals surface area contributed by atoms with Crippen LogP contribution in [0.4, 0.5) is 0 Å². The van der Waals surface area contributed by atoms with Crippen LogP contribution in [0.15, 0.2) is 6.33 Å². The maximum atomic E-state index is 11.5. The molecule has 1 saturated heterocycles. The van der Waals surface area contributed by atoms with Crippen molar-refractivity contribution in [2.45, 2.75) is 18.3 Å². The fraction of sp³-hybridized carbons (Fsp3) is 0.600. The third-order valence-corrected chi connectivity index (χ3v) is 3.38. The zero-order chi connectivity index (χ0) is 11.8. The second kappa shape index (κ2) is 4.07. The Morgan fingerprint density at radius 3 is 2.69 bits per heavy atom. The summed E-state index contributed by atoms with van der Waals surface area (Å²) in [6.07, 6.45) is 2.40. The SMILES string of the molecule is Cn1cnc(Cl)c1C1(C(=O)O)CCOCC1. The largest absolute Gasteiger partial charge is 0.481 e. The predicted molar refractivity (Wildman–Crippen MR) is 57.6 cm³/mol. The van der Waals surface area contributed by atoms with Crippen molar-refractivity contribution in [3.05, 3.63) is 17.2 Å². The zero-order valence-electron chi connectivity index (χ0n) is 8.94. The molecule has 0 amide bonds. The molecule has 0 unspecified atom stereocenters. The van der Waals surface area contributed by atoms with E-state index in [1.54, 1.807) is 11.6 Å². The molecule has 1 aromatic rings. The number of aryl methyl sites for hydroxylation is 1. The monoisotopic (exact) mass is 244 g/mol. The quantitative estimate of drug-likeness (QED) is 0.849. The van der Waals surface area contributed by atoms with E-state index in [4.69, 9.17) is 16.3 Å². The summed E-state index contributed by atoms with van der Waals surface area (Å²) in [4.78, 5) is 15.5. The van der Waals surface area contributed by atoms with E-state index in [0.717, 1.165) is 0 Å². The summed E-state index contributed by atoms with van der Waals surface area (Å²) < 4.78 is 6.90. The van der Waals surface area contributed by atoms with Gasteiger partial charge in [0.05, 0.1) is 12.0 Å². The van der Waals surface area contributed by atoms with Gasteiger partial charge in [0.2, 0.25) is 0 Å². The van der Waals surface area contributed by atoms with Crippen LogP contribution in [0.2, 0.25) is 5.15 Å². The highest BCUT2D eigenvalue weighted by Crippen LogP contribution is 2.38. The summed E-state index contributed by atoms with van der Waals surface area (Å²) in [6.45, 7) is 0.877. The fourth-order valence-corrected chi connectivity index (χ4v) is 2.57. The summed E-state index contributed by atoms with van der Waals surface area (Å²) >= 11 is 5.98. The lowest BCUT2D eigenvalue weighted by atomic mass is 9.77. The van der Waals surface area contributed by atoms with Crippen LogP contribution in [-0.4, -0.2) is 33.8 Å². The summed E-state index contributed by atoms with van der Waals surface area (Å²) in [5.41, 5.74) is -0.384. The first kappa shape index (κ1) is 11.4. The lowest BCUT2D eigenvalue weighted by Gasteiger charge is -2.33. The van der Waals surface area contributed by atoms with E-state index in [9.17, 15) is 9.90 Å². The molecule has 0 aliphatic carbocycles. The van der Waals surface area contributed by atoms with E-state index in [1.165, 1.54) is 6.33 Å². The van der Waals surface area contributed by atoms with Crippen LogP contribution in [0.5, 0.6) is 0 Å². The Balaban J connectivity index is 2.51. The van der Waals surface area contributed by atoms with E-state index in [0.29, 0.717) is 31.7 Å². The molecule has 1 aliphatic rings. The minimum absolute atomic E-state index is 0.270. The third-order valence-electron chi connectivity index (χ3n) is 3.10. The number of hydrogen-bond acceptors (Lipinski definition) is 3. The standard InChI is InChI=1S/C10H13ClN2O3/c1-13-6-12-8(11)7(13)10(9(14)15)2-4-16-5-3-10/h6H,2-5H2,1H3,(H,14,15). The number of hydrogen-bond donors (Lipinski definition) is 1. The van der Waals surface area contributed by atoms with Crippen molar-refractivity contribution < 1.29 is 14.6 Å². The van der Waals surface area contributed by atoms with Gasteiger partial charge in [0.15, 0.2) is 5.15 Å². The van der Waals surface area contributed by atoms with Gasteiger partial charge in [-0.05, 0) is 12.8 Å². The van der Waals surface area contributed by atoms with Gasteiger partial charge in [-0.15, -0.1) is 0 Å². The number of nitrogens with zero attached hydrogens (tertiary/aromatic N) is 2. The third kappa shape index (κ3) is 1.60. The molecule has 88 valence electrons. The molecule has 6 heteroatoms. The first-order chi connectivity index (χ1) is 7.58. The van der Waals surface area contributed by atoms with Crippen molar-refractivity contribution >= 4 is 17.6 Å². The average Bonchev–Trinajstić information content (AvgIpc) is 2.60. The van der Waals surface area contributed by atoms with Crippen LogP contribution in [0.25, 0.3) is 0 Å². The summed E-state index contributed by atoms with van der Waals surface area (Å²) in [5.74, 6) is -0.860. The predicted octanol–water partition coefficient (Wildman–Crippen LogP) is 1.21. The van der Waals surface area contributed by atoms with Gasteiger partial charge in [-0.25, -0.2) is 4.98 Å². The molecule has 0 bridgehead atoms. The summed E-state index contributed by atoms with van der Waals surface area (Å²) in [7, 11) is 1.76. The van der Waals surface area contributed by atoms with Crippen LogP contribution in [0.3, 0.4) is 0 Å². The Bertz CT molecular complexity index is 391. The molecule has 0 radical (unpaired) electrons. The molecule has 16 heavy (non-hydrogen) atoms. The number of rotatable bonds is 2. The van der Waals surface area contributed by atoms with Crippen molar-refractivity contribution in [1.82, 2.24) is 9.55 Å². The topological polar surface area (TPSA) is 64.4 Å². The zero-order valence-corrected chi connectivity index (χ0v) is 9.70. The van der Waals surface area contributed by atoms with Crippen LogP contribution in [-0.2, 0) is 22.0 Å². The minimum Gasteiger partial charge on any atom is -0.481 e. The van der Waals surface area contributed by atoms with Crippen LogP contribution >= 0.6 is 11.6 Å². The van der Waals surface area contributed by atoms with E-state index in [2.05, 4.69) is 4.98 Å². The highest BCUT2D eigenvalue weighted by molar-refractivity contribution is 6.30. The Morgan fingerprint density at radius 2 is 2.25 bits per heavy atom. The highest BCUT2D eigenvalue weighted by atomic mass is 35.5.